The number of halogens is 3. The topological polar surface area (TPSA) is 119 Å². The molecule has 0 bridgehead atoms. The zero-order chi connectivity index (χ0) is 35.3. The summed E-state index contributed by atoms with van der Waals surface area (Å²) in [7, 11) is 2.92. The Balaban J connectivity index is 1.37. The molecule has 0 saturated carbocycles. The number of alkyl halides is 3. The number of fused-ring (bicyclic) bond motifs is 1. The van der Waals surface area contributed by atoms with Gasteiger partial charge in [0.1, 0.15) is 11.8 Å². The minimum absolute atomic E-state index is 0.0142. The molecule has 1 unspecified atom stereocenters. The predicted molar refractivity (Wildman–Crippen MR) is 175 cm³/mol. The molecule has 0 spiro atoms. The second kappa shape index (κ2) is 14.8. The molecular formula is C36H39F3N4O6. The molecule has 4 aromatic rings. The summed E-state index contributed by atoms with van der Waals surface area (Å²) in [5, 5.41) is 25.6. The molecule has 0 radical (unpaired) electrons. The van der Waals surface area contributed by atoms with Gasteiger partial charge >= 0.3 is 12.1 Å². The molecule has 1 aliphatic rings. The van der Waals surface area contributed by atoms with Crippen LogP contribution in [0.1, 0.15) is 47.7 Å². The quantitative estimate of drug-likeness (QED) is 0.189. The van der Waals surface area contributed by atoms with Gasteiger partial charge in [0.05, 0.1) is 50.9 Å². The lowest BCUT2D eigenvalue weighted by Crippen LogP contribution is -2.53. The molecule has 3 aromatic carbocycles. The number of rotatable bonds is 12. The van der Waals surface area contributed by atoms with Gasteiger partial charge in [0.15, 0.2) is 11.5 Å². The van der Waals surface area contributed by atoms with Crippen LogP contribution in [0.3, 0.4) is 0 Å². The van der Waals surface area contributed by atoms with Gasteiger partial charge in [0.2, 0.25) is 11.4 Å². The lowest BCUT2D eigenvalue weighted by atomic mass is 9.93. The largest absolute Gasteiger partial charge is 0.493 e. The molecule has 1 saturated heterocycles. The van der Waals surface area contributed by atoms with Crippen LogP contribution in [0.5, 0.6) is 17.2 Å². The third-order valence-electron chi connectivity index (χ3n) is 8.60. The Bertz CT molecular complexity index is 1820. The van der Waals surface area contributed by atoms with Crippen LogP contribution in [-0.2, 0) is 28.1 Å². The maximum Gasteiger partial charge on any atom is 0.424 e. The number of esters is 1. The molecule has 1 aromatic heterocycles. The third kappa shape index (κ3) is 7.76. The van der Waals surface area contributed by atoms with E-state index in [4.69, 9.17) is 18.9 Å². The van der Waals surface area contributed by atoms with Crippen molar-refractivity contribution >= 4 is 16.9 Å². The minimum Gasteiger partial charge on any atom is -0.493 e. The number of aliphatic hydroxyl groups is 1. The van der Waals surface area contributed by atoms with Gasteiger partial charge < -0.3 is 24.1 Å². The number of carbonyl (C=O) groups is 1. The standard InChI is InChI=1S/C36H39F3N4O6/c1-5-48-32(44)19-26-17-30(46-3)33(31(18-26)47-4)49-27-11-13-42(14-12-27)22-35(45,36(37,38)39)34-28-10-9-24(20-40)16-29(28)43(41-34)21-25-8-6-7-23(2)15-25/h6-10,15-18,27,45H,5,11-14,19,21-22H2,1-4H3. The van der Waals surface area contributed by atoms with Crippen LogP contribution >= 0.6 is 0 Å². The average Bonchev–Trinajstić information content (AvgIpc) is 3.43. The van der Waals surface area contributed by atoms with Crippen molar-refractivity contribution in [3.05, 3.63) is 82.5 Å². The number of likely N-dealkylation sites (tertiary alicyclic amines) is 1. The van der Waals surface area contributed by atoms with E-state index in [9.17, 15) is 28.3 Å². The van der Waals surface area contributed by atoms with E-state index in [0.717, 1.165) is 11.1 Å². The van der Waals surface area contributed by atoms with Crippen LogP contribution in [0.2, 0.25) is 0 Å². The maximum absolute atomic E-state index is 14.9. The van der Waals surface area contributed by atoms with E-state index in [0.29, 0.717) is 41.2 Å². The zero-order valence-electron chi connectivity index (χ0n) is 27.8. The molecule has 0 aliphatic carbocycles. The minimum atomic E-state index is -5.06. The van der Waals surface area contributed by atoms with Crippen LogP contribution in [0, 0.1) is 18.3 Å². The first-order valence-electron chi connectivity index (χ1n) is 15.9. The van der Waals surface area contributed by atoms with Crippen molar-refractivity contribution < 1.29 is 42.0 Å². The van der Waals surface area contributed by atoms with Crippen molar-refractivity contribution in [2.24, 2.45) is 0 Å². The van der Waals surface area contributed by atoms with E-state index in [1.165, 1.54) is 37.1 Å². The summed E-state index contributed by atoms with van der Waals surface area (Å²) in [6, 6.07) is 17.2. The number of aromatic nitrogens is 2. The van der Waals surface area contributed by atoms with Crippen LogP contribution in [-0.4, -0.2) is 78.5 Å². The highest BCUT2D eigenvalue weighted by Crippen LogP contribution is 2.44. The summed E-state index contributed by atoms with van der Waals surface area (Å²) in [6.07, 6.45) is -4.71. The van der Waals surface area contributed by atoms with Crippen LogP contribution in [0.4, 0.5) is 13.2 Å². The summed E-state index contributed by atoms with van der Waals surface area (Å²) < 4.78 is 68.6. The zero-order valence-corrected chi connectivity index (χ0v) is 27.8. The Morgan fingerprint density at radius 3 is 2.33 bits per heavy atom. The summed E-state index contributed by atoms with van der Waals surface area (Å²) in [6.45, 7) is 3.71. The number of nitriles is 1. The fourth-order valence-electron chi connectivity index (χ4n) is 6.16. The van der Waals surface area contributed by atoms with Crippen molar-refractivity contribution in [1.82, 2.24) is 14.7 Å². The molecule has 2 heterocycles. The summed E-state index contributed by atoms with van der Waals surface area (Å²) in [4.78, 5) is 13.6. The molecule has 1 aliphatic heterocycles. The van der Waals surface area contributed by atoms with Gasteiger partial charge in [-0.25, -0.2) is 0 Å². The highest BCUT2D eigenvalue weighted by molar-refractivity contribution is 5.84. The molecule has 49 heavy (non-hydrogen) atoms. The van der Waals surface area contributed by atoms with Crippen molar-refractivity contribution in [2.45, 2.75) is 57.5 Å². The summed E-state index contributed by atoms with van der Waals surface area (Å²) in [5.41, 5.74) is -0.815. The molecule has 1 fully saturated rings. The molecule has 1 N–H and O–H groups in total. The Morgan fingerprint density at radius 1 is 1.04 bits per heavy atom. The molecule has 10 nitrogen and oxygen atoms in total. The van der Waals surface area contributed by atoms with Gasteiger partial charge in [-0.2, -0.15) is 23.5 Å². The smallest absolute Gasteiger partial charge is 0.424 e. The lowest BCUT2D eigenvalue weighted by molar-refractivity contribution is -0.273. The molecule has 1 atom stereocenters. The molecule has 13 heteroatoms. The number of ether oxygens (including phenoxy) is 4. The number of piperidine rings is 1. The van der Waals surface area contributed by atoms with Gasteiger partial charge in [-0.3, -0.25) is 14.4 Å². The van der Waals surface area contributed by atoms with Gasteiger partial charge in [0, 0.05) is 25.0 Å². The van der Waals surface area contributed by atoms with Gasteiger partial charge in [0.25, 0.3) is 0 Å². The summed E-state index contributed by atoms with van der Waals surface area (Å²) in [5.74, 6) is 0.620. The number of hydrogen-bond donors (Lipinski definition) is 1. The fourth-order valence-corrected chi connectivity index (χ4v) is 6.16. The van der Waals surface area contributed by atoms with E-state index in [2.05, 4.69) is 5.10 Å². The monoisotopic (exact) mass is 680 g/mol. The second-order valence-electron chi connectivity index (χ2n) is 12.1. The number of hydrogen-bond acceptors (Lipinski definition) is 9. The average molecular weight is 681 g/mol. The van der Waals surface area contributed by atoms with Crippen LogP contribution in [0.15, 0.2) is 54.6 Å². The van der Waals surface area contributed by atoms with Crippen LogP contribution in [0.25, 0.3) is 10.9 Å². The van der Waals surface area contributed by atoms with E-state index in [1.54, 1.807) is 24.0 Å². The lowest BCUT2D eigenvalue weighted by Gasteiger charge is -2.38. The Hall–Kier alpha value is -4.80. The number of methoxy groups -OCH3 is 2. The van der Waals surface area contributed by atoms with Crippen molar-refractivity contribution in [2.75, 3.05) is 40.5 Å². The third-order valence-corrected chi connectivity index (χ3v) is 8.60. The van der Waals surface area contributed by atoms with Gasteiger partial charge in [-0.1, -0.05) is 29.8 Å². The number of carbonyl (C=O) groups excluding carboxylic acids is 1. The van der Waals surface area contributed by atoms with Gasteiger partial charge in [-0.15, -0.1) is 0 Å². The normalized spacial score (nSPS) is 15.4. The summed E-state index contributed by atoms with van der Waals surface area (Å²) >= 11 is 0. The number of nitrogens with zero attached hydrogens (tertiary/aromatic N) is 4. The Labute approximate surface area is 282 Å². The van der Waals surface area contributed by atoms with E-state index in [1.807, 2.05) is 37.3 Å². The van der Waals surface area contributed by atoms with E-state index in [-0.39, 0.29) is 49.7 Å². The first-order chi connectivity index (χ1) is 23.4. The molecule has 5 rings (SSSR count). The first-order valence-corrected chi connectivity index (χ1v) is 15.9. The molecular weight excluding hydrogens is 641 g/mol. The van der Waals surface area contributed by atoms with E-state index < -0.39 is 30.0 Å². The Kier molecular flexibility index (Phi) is 10.7. The SMILES string of the molecule is CCOC(=O)Cc1cc(OC)c(OC2CCN(CC(O)(c3nn(Cc4cccc(C)c4)c4cc(C#N)ccc34)C(F)(F)F)CC2)c(OC)c1. The highest BCUT2D eigenvalue weighted by Gasteiger charge is 2.58. The van der Waals surface area contributed by atoms with Crippen molar-refractivity contribution in [3.8, 4) is 23.3 Å². The highest BCUT2D eigenvalue weighted by atomic mass is 19.4. The molecule has 260 valence electrons. The van der Waals surface area contributed by atoms with Crippen LogP contribution < -0.4 is 14.2 Å². The Morgan fingerprint density at radius 2 is 1.73 bits per heavy atom. The molecule has 0 amide bonds. The van der Waals surface area contributed by atoms with Crippen molar-refractivity contribution in [3.63, 3.8) is 0 Å². The second-order valence-corrected chi connectivity index (χ2v) is 12.1. The number of β-amino-alcohol motifs (C(OH)–C–C–N with tert-alkyl or cyclic N) is 1. The van der Waals surface area contributed by atoms with Gasteiger partial charge in [-0.05, 0) is 68.1 Å². The number of aryl methyl sites for hydroxylation is 1. The van der Waals surface area contributed by atoms with E-state index >= 15 is 0 Å². The predicted octanol–water partition coefficient (Wildman–Crippen LogP) is 5.68. The maximum atomic E-state index is 14.9. The van der Waals surface area contributed by atoms with Crippen molar-refractivity contribution in [1.29, 1.82) is 5.26 Å². The number of benzene rings is 3. The first kappa shape index (κ1) is 35.5. The fraction of sp³-hybridized carbons (Fsp3) is 0.417.